The van der Waals surface area contributed by atoms with Gasteiger partial charge in [0.05, 0.1) is 6.10 Å². The lowest BCUT2D eigenvalue weighted by molar-refractivity contribution is -0.141. The molecule has 4 unspecified atom stereocenters. The van der Waals surface area contributed by atoms with E-state index < -0.39 is 18.1 Å². The normalized spacial score (nSPS) is 40.7. The molecule has 0 spiro atoms. The minimum absolute atomic E-state index is 0.115. The predicted octanol–water partition coefficient (Wildman–Crippen LogP) is 0.404. The number of carboxylic acids is 1. The zero-order valence-corrected chi connectivity index (χ0v) is 10.8. The number of hydrogen-bond donors (Lipinski definition) is 3. The molecule has 19 heavy (non-hydrogen) atoms. The summed E-state index contributed by atoms with van der Waals surface area (Å²) >= 11 is 0. The Labute approximate surface area is 111 Å². The van der Waals surface area contributed by atoms with Crippen molar-refractivity contribution >= 4 is 12.0 Å². The molecule has 3 N–H and O–H groups in total. The van der Waals surface area contributed by atoms with Gasteiger partial charge in [-0.15, -0.1) is 0 Å². The standard InChI is InChI=1S/C13H20N2O4/c16-9-5-11(12(17)18)15(6-9)13(19)14-10-4-7-1-2-8(10)3-7/h7-11,16H,1-6H2,(H,14,19)(H,17,18)/t7?,8?,9?,10?,11-/m0/s1. The van der Waals surface area contributed by atoms with Crippen LogP contribution in [0.15, 0.2) is 0 Å². The Morgan fingerprint density at radius 3 is 2.53 bits per heavy atom. The molecule has 2 aliphatic carbocycles. The van der Waals surface area contributed by atoms with Crippen molar-refractivity contribution in [3.8, 4) is 0 Å². The highest BCUT2D eigenvalue weighted by Gasteiger charge is 2.43. The van der Waals surface area contributed by atoms with E-state index in [4.69, 9.17) is 5.11 Å². The molecule has 1 heterocycles. The van der Waals surface area contributed by atoms with Crippen LogP contribution in [0.4, 0.5) is 4.79 Å². The predicted molar refractivity (Wildman–Crippen MR) is 66.5 cm³/mol. The summed E-state index contributed by atoms with van der Waals surface area (Å²) in [7, 11) is 0. The highest BCUT2D eigenvalue weighted by Crippen LogP contribution is 2.44. The van der Waals surface area contributed by atoms with Gasteiger partial charge in [0, 0.05) is 19.0 Å². The summed E-state index contributed by atoms with van der Waals surface area (Å²) in [4.78, 5) is 24.5. The first-order valence-corrected chi connectivity index (χ1v) is 7.02. The second-order valence-electron chi connectivity index (χ2n) is 6.13. The minimum atomic E-state index is -1.04. The minimum Gasteiger partial charge on any atom is -0.480 e. The molecule has 0 aromatic carbocycles. The number of rotatable bonds is 2. The van der Waals surface area contributed by atoms with Gasteiger partial charge in [0.15, 0.2) is 0 Å². The van der Waals surface area contributed by atoms with Crippen LogP contribution in [-0.4, -0.2) is 51.8 Å². The highest BCUT2D eigenvalue weighted by molar-refractivity contribution is 5.83. The number of β-amino-alcohol motifs (C(OH)–C–C–N with tert-alkyl or cyclic N) is 1. The van der Waals surface area contributed by atoms with Gasteiger partial charge in [-0.05, 0) is 31.1 Å². The Morgan fingerprint density at radius 2 is 1.95 bits per heavy atom. The van der Waals surface area contributed by atoms with Crippen molar-refractivity contribution in [1.29, 1.82) is 0 Å². The Morgan fingerprint density at radius 1 is 1.16 bits per heavy atom. The van der Waals surface area contributed by atoms with Crippen molar-refractivity contribution in [1.82, 2.24) is 10.2 Å². The third-order valence-corrected chi connectivity index (χ3v) is 4.87. The van der Waals surface area contributed by atoms with Crippen molar-refractivity contribution in [3.05, 3.63) is 0 Å². The zero-order chi connectivity index (χ0) is 13.6. The van der Waals surface area contributed by atoms with E-state index in [2.05, 4.69) is 5.32 Å². The second-order valence-corrected chi connectivity index (χ2v) is 6.13. The number of carbonyl (C=O) groups is 2. The SMILES string of the molecule is O=C(O)[C@@H]1CC(O)CN1C(=O)NC1CC2CCC1C2. The molecule has 6 heteroatoms. The van der Waals surface area contributed by atoms with Crippen LogP contribution in [0.3, 0.4) is 0 Å². The quantitative estimate of drug-likeness (QED) is 0.676. The van der Waals surface area contributed by atoms with E-state index >= 15 is 0 Å². The Kier molecular flexibility index (Phi) is 3.12. The van der Waals surface area contributed by atoms with E-state index in [-0.39, 0.29) is 25.0 Å². The fourth-order valence-electron chi connectivity index (χ4n) is 3.94. The number of hydrogen-bond acceptors (Lipinski definition) is 3. The van der Waals surface area contributed by atoms with Crippen molar-refractivity contribution in [2.45, 2.75) is 50.3 Å². The molecule has 3 aliphatic rings. The summed E-state index contributed by atoms with van der Waals surface area (Å²) in [6.45, 7) is 0.115. The number of carbonyl (C=O) groups excluding carboxylic acids is 1. The van der Waals surface area contributed by atoms with Crippen LogP contribution in [0.5, 0.6) is 0 Å². The number of carboxylic acid groups (broad SMARTS) is 1. The molecule has 2 bridgehead atoms. The van der Waals surface area contributed by atoms with E-state index in [1.807, 2.05) is 0 Å². The number of aliphatic hydroxyl groups excluding tert-OH is 1. The Hall–Kier alpha value is -1.30. The topological polar surface area (TPSA) is 89.9 Å². The summed E-state index contributed by atoms with van der Waals surface area (Å²) in [6.07, 6.45) is 4.03. The maximum Gasteiger partial charge on any atom is 0.326 e. The maximum atomic E-state index is 12.2. The van der Waals surface area contributed by atoms with Gasteiger partial charge in [0.2, 0.25) is 0 Å². The Bertz CT molecular complexity index is 400. The van der Waals surface area contributed by atoms with Crippen LogP contribution < -0.4 is 5.32 Å². The largest absolute Gasteiger partial charge is 0.480 e. The molecule has 3 fully saturated rings. The molecule has 106 valence electrons. The number of likely N-dealkylation sites (tertiary alicyclic amines) is 1. The van der Waals surface area contributed by atoms with E-state index in [0.717, 1.165) is 12.3 Å². The number of amides is 2. The lowest BCUT2D eigenvalue weighted by atomic mass is 9.95. The van der Waals surface area contributed by atoms with E-state index in [9.17, 15) is 14.7 Å². The summed E-state index contributed by atoms with van der Waals surface area (Å²) in [5.74, 6) is 0.249. The number of nitrogens with one attached hydrogen (secondary N) is 1. The molecule has 0 aromatic rings. The molecule has 2 saturated carbocycles. The van der Waals surface area contributed by atoms with Gasteiger partial charge in [-0.3, -0.25) is 0 Å². The zero-order valence-electron chi connectivity index (χ0n) is 10.8. The molecule has 0 aromatic heterocycles. The van der Waals surface area contributed by atoms with Crippen LogP contribution in [-0.2, 0) is 4.79 Å². The van der Waals surface area contributed by atoms with Crippen molar-refractivity contribution in [2.75, 3.05) is 6.54 Å². The number of urea groups is 1. The smallest absolute Gasteiger partial charge is 0.326 e. The van der Waals surface area contributed by atoms with Crippen LogP contribution in [0.1, 0.15) is 32.1 Å². The number of aliphatic hydroxyl groups is 1. The van der Waals surface area contributed by atoms with Crippen LogP contribution >= 0.6 is 0 Å². The molecular formula is C13H20N2O4. The molecule has 6 nitrogen and oxygen atoms in total. The van der Waals surface area contributed by atoms with Crippen molar-refractivity contribution in [3.63, 3.8) is 0 Å². The second kappa shape index (κ2) is 4.67. The van der Waals surface area contributed by atoms with Crippen LogP contribution in [0.2, 0.25) is 0 Å². The van der Waals surface area contributed by atoms with E-state index in [1.165, 1.54) is 24.2 Å². The van der Waals surface area contributed by atoms with E-state index in [1.54, 1.807) is 0 Å². The maximum absolute atomic E-state index is 12.2. The fourth-order valence-corrected chi connectivity index (χ4v) is 3.94. The fraction of sp³-hybridized carbons (Fsp3) is 0.846. The average molecular weight is 268 g/mol. The third kappa shape index (κ3) is 2.29. The summed E-state index contributed by atoms with van der Waals surface area (Å²) in [5.41, 5.74) is 0. The van der Waals surface area contributed by atoms with Crippen LogP contribution in [0, 0.1) is 11.8 Å². The molecule has 0 radical (unpaired) electrons. The van der Waals surface area contributed by atoms with E-state index in [0.29, 0.717) is 5.92 Å². The lowest BCUT2D eigenvalue weighted by Crippen LogP contribution is -2.50. The number of nitrogens with zero attached hydrogens (tertiary/aromatic N) is 1. The molecular weight excluding hydrogens is 248 g/mol. The first kappa shape index (κ1) is 12.7. The van der Waals surface area contributed by atoms with Gasteiger partial charge in [-0.1, -0.05) is 6.42 Å². The molecule has 2 amide bonds. The van der Waals surface area contributed by atoms with Crippen molar-refractivity contribution in [2.24, 2.45) is 11.8 Å². The first-order valence-electron chi connectivity index (χ1n) is 7.02. The van der Waals surface area contributed by atoms with Crippen LogP contribution in [0.25, 0.3) is 0 Å². The first-order chi connectivity index (χ1) is 9.04. The molecule has 3 rings (SSSR count). The Balaban J connectivity index is 1.62. The highest BCUT2D eigenvalue weighted by atomic mass is 16.4. The monoisotopic (exact) mass is 268 g/mol. The molecule has 5 atom stereocenters. The van der Waals surface area contributed by atoms with Crippen molar-refractivity contribution < 1.29 is 19.8 Å². The van der Waals surface area contributed by atoms with Gasteiger partial charge in [0.25, 0.3) is 0 Å². The van der Waals surface area contributed by atoms with Gasteiger partial charge >= 0.3 is 12.0 Å². The van der Waals surface area contributed by atoms with Gasteiger partial charge < -0.3 is 20.4 Å². The summed E-state index contributed by atoms with van der Waals surface area (Å²) in [5, 5.41) is 21.6. The molecule has 1 aliphatic heterocycles. The lowest BCUT2D eigenvalue weighted by Gasteiger charge is -2.28. The number of fused-ring (bicyclic) bond motifs is 2. The van der Waals surface area contributed by atoms with Gasteiger partial charge in [-0.25, -0.2) is 9.59 Å². The number of aliphatic carboxylic acids is 1. The summed E-state index contributed by atoms with van der Waals surface area (Å²) in [6, 6.07) is -1.03. The average Bonchev–Trinajstić information content (AvgIpc) is 3.02. The van der Waals surface area contributed by atoms with Gasteiger partial charge in [0.1, 0.15) is 6.04 Å². The third-order valence-electron chi connectivity index (χ3n) is 4.87. The molecule has 1 saturated heterocycles. The van der Waals surface area contributed by atoms with Gasteiger partial charge in [-0.2, -0.15) is 0 Å². The summed E-state index contributed by atoms with van der Waals surface area (Å²) < 4.78 is 0.